The fraction of sp³-hybridized carbons (Fsp3) is 0.519. The largest absolute Gasteiger partial charge is 0.465 e. The van der Waals surface area contributed by atoms with Crippen LogP contribution in [0, 0.1) is 24.7 Å². The van der Waals surface area contributed by atoms with Crippen molar-refractivity contribution in [2.45, 2.75) is 49.3 Å². The number of rotatable bonds is 4. The first kappa shape index (κ1) is 25.4. The highest BCUT2D eigenvalue weighted by atomic mass is 35.5. The predicted molar refractivity (Wildman–Crippen MR) is 140 cm³/mol. The highest BCUT2D eigenvalue weighted by Crippen LogP contribution is 2.61. The van der Waals surface area contributed by atoms with Crippen molar-refractivity contribution in [1.82, 2.24) is 4.90 Å². The number of para-hydroxylation sites is 1. The van der Waals surface area contributed by atoms with Gasteiger partial charge in [-0.15, -0.1) is 11.8 Å². The van der Waals surface area contributed by atoms with Gasteiger partial charge in [-0.3, -0.25) is 14.4 Å². The van der Waals surface area contributed by atoms with E-state index in [4.69, 9.17) is 16.3 Å². The number of thioether (sulfide) groups is 1. The molecule has 0 aromatic heterocycles. The fourth-order valence-electron chi connectivity index (χ4n) is 6.19. The normalized spacial score (nSPS) is 32.6. The maximum atomic E-state index is 14.5. The van der Waals surface area contributed by atoms with Crippen LogP contribution in [0.3, 0.4) is 0 Å². The predicted octanol–water partition coefficient (Wildman–Crippen LogP) is 3.37. The molecule has 9 heteroatoms. The second-order valence-electron chi connectivity index (χ2n) is 10.2. The van der Waals surface area contributed by atoms with Crippen molar-refractivity contribution < 1.29 is 24.2 Å². The second-order valence-corrected chi connectivity index (χ2v) is 12.1. The van der Waals surface area contributed by atoms with Crippen molar-refractivity contribution in [3.05, 3.63) is 53.1 Å². The van der Waals surface area contributed by atoms with Gasteiger partial charge < -0.3 is 19.6 Å². The van der Waals surface area contributed by atoms with E-state index >= 15 is 0 Å². The van der Waals surface area contributed by atoms with E-state index in [0.717, 1.165) is 5.56 Å². The third kappa shape index (κ3) is 3.72. The molecule has 1 unspecified atom stereocenters. The third-order valence-electron chi connectivity index (χ3n) is 7.83. The number of esters is 1. The van der Waals surface area contributed by atoms with Crippen molar-refractivity contribution in [2.24, 2.45) is 17.8 Å². The monoisotopic (exact) mass is 530 g/mol. The number of anilines is 1. The molecule has 4 aliphatic heterocycles. The summed E-state index contributed by atoms with van der Waals surface area (Å²) in [6.07, 6.45) is 8.45. The van der Waals surface area contributed by atoms with Gasteiger partial charge in [0.15, 0.2) is 0 Å². The molecule has 5 rings (SSSR count). The van der Waals surface area contributed by atoms with Gasteiger partial charge in [-0.05, 0) is 30.9 Å². The molecule has 1 aromatic carbocycles. The van der Waals surface area contributed by atoms with E-state index in [1.165, 1.54) is 11.8 Å². The maximum absolute atomic E-state index is 14.5. The minimum atomic E-state index is -0.969. The van der Waals surface area contributed by atoms with Crippen LogP contribution in [0.25, 0.3) is 0 Å². The van der Waals surface area contributed by atoms with E-state index in [0.29, 0.717) is 17.1 Å². The molecule has 0 aliphatic carbocycles. The van der Waals surface area contributed by atoms with Crippen LogP contribution >= 0.6 is 23.4 Å². The number of likely N-dealkylation sites (tertiary alicyclic amines) is 1. The molecule has 4 heterocycles. The van der Waals surface area contributed by atoms with Crippen LogP contribution in [0.1, 0.15) is 25.8 Å². The Labute approximate surface area is 220 Å². The van der Waals surface area contributed by atoms with Crippen molar-refractivity contribution in [1.29, 1.82) is 0 Å². The Hall–Kier alpha value is -2.29. The molecule has 4 aliphatic rings. The number of aliphatic hydroxyl groups excluding tert-OH is 1. The Bertz CT molecular complexity index is 1130. The SMILES string of the molecule is Cc1cccc(Cl)c1N1CC=C[C@]23S[C@H]4C=CCCOC(=O)[C@H]4[C@H]2C(=O)N([C@@H](CO)C(C)C)C3C1=O. The number of carbonyl (C=O) groups is 3. The average Bonchev–Trinajstić information content (AvgIpc) is 3.19. The number of hydrogen-bond donors (Lipinski definition) is 1. The molecule has 1 aromatic rings. The number of benzene rings is 1. The van der Waals surface area contributed by atoms with E-state index in [-0.39, 0.29) is 42.7 Å². The standard InChI is InChI=1S/C27H31ClN2O5S/c1-15(2)18(14-31)30-23-25(33)29(22-16(3)8-6-9-17(22)28)12-7-11-27(23)21(24(30)32)20-19(36-27)10-4-5-13-35-26(20)34/h4,6-11,15,18-21,23,31H,5,12-14H2,1-3H3/t18-,19-,20+,21-,23?,27-/m0/s1. The molecule has 7 nitrogen and oxygen atoms in total. The van der Waals surface area contributed by atoms with Gasteiger partial charge >= 0.3 is 5.97 Å². The summed E-state index contributed by atoms with van der Waals surface area (Å²) < 4.78 is 4.55. The van der Waals surface area contributed by atoms with Crippen molar-refractivity contribution in [3.8, 4) is 0 Å². The zero-order chi connectivity index (χ0) is 25.8. The number of ether oxygens (including phenoxy) is 1. The number of halogens is 1. The van der Waals surface area contributed by atoms with Crippen molar-refractivity contribution >= 4 is 46.8 Å². The van der Waals surface area contributed by atoms with Gasteiger partial charge in [-0.2, -0.15) is 0 Å². The molecular formula is C27H31ClN2O5S. The van der Waals surface area contributed by atoms with Gasteiger partial charge in [0.05, 0.1) is 46.5 Å². The lowest BCUT2D eigenvalue weighted by Crippen LogP contribution is -2.57. The fourth-order valence-corrected chi connectivity index (χ4v) is 8.50. The molecule has 2 saturated heterocycles. The zero-order valence-electron chi connectivity index (χ0n) is 20.6. The van der Waals surface area contributed by atoms with E-state index in [1.54, 1.807) is 15.9 Å². The second kappa shape index (κ2) is 9.54. The minimum absolute atomic E-state index is 0.102. The Morgan fingerprint density at radius 1 is 1.22 bits per heavy atom. The van der Waals surface area contributed by atoms with Gasteiger partial charge in [-0.1, -0.05) is 61.9 Å². The number of carbonyl (C=O) groups excluding carboxylic acids is 3. The molecular weight excluding hydrogens is 500 g/mol. The Morgan fingerprint density at radius 2 is 2.00 bits per heavy atom. The summed E-state index contributed by atoms with van der Waals surface area (Å²) in [7, 11) is 0. The van der Waals surface area contributed by atoms with Gasteiger partial charge in [0, 0.05) is 11.8 Å². The van der Waals surface area contributed by atoms with Gasteiger partial charge in [0.2, 0.25) is 5.91 Å². The van der Waals surface area contributed by atoms with Crippen LogP contribution in [0.4, 0.5) is 5.69 Å². The average molecular weight is 531 g/mol. The molecule has 1 N–H and O–H groups in total. The quantitative estimate of drug-likeness (QED) is 0.474. The first-order valence-corrected chi connectivity index (χ1v) is 13.7. The Kier molecular flexibility index (Phi) is 6.72. The van der Waals surface area contributed by atoms with Crippen LogP contribution in [0.15, 0.2) is 42.5 Å². The van der Waals surface area contributed by atoms with E-state index < -0.39 is 34.6 Å². The van der Waals surface area contributed by atoms with Crippen LogP contribution in [0.5, 0.6) is 0 Å². The smallest absolute Gasteiger partial charge is 0.311 e. The van der Waals surface area contributed by atoms with Crippen LogP contribution in [0.2, 0.25) is 5.02 Å². The zero-order valence-corrected chi connectivity index (χ0v) is 22.2. The highest BCUT2D eigenvalue weighted by Gasteiger charge is 2.72. The number of nitrogens with zero attached hydrogens (tertiary/aromatic N) is 2. The Morgan fingerprint density at radius 3 is 2.69 bits per heavy atom. The van der Waals surface area contributed by atoms with Crippen molar-refractivity contribution in [3.63, 3.8) is 0 Å². The summed E-state index contributed by atoms with van der Waals surface area (Å²) >= 11 is 8.07. The number of hydrogen-bond acceptors (Lipinski definition) is 6. The topological polar surface area (TPSA) is 87.2 Å². The molecule has 36 heavy (non-hydrogen) atoms. The van der Waals surface area contributed by atoms with Crippen LogP contribution in [-0.2, 0) is 19.1 Å². The summed E-state index contributed by atoms with van der Waals surface area (Å²) in [5.41, 5.74) is 1.46. The first-order chi connectivity index (χ1) is 17.2. The van der Waals surface area contributed by atoms with Gasteiger partial charge in [0.25, 0.3) is 5.91 Å². The summed E-state index contributed by atoms with van der Waals surface area (Å²) in [6, 6.07) is 4.01. The number of cyclic esters (lactones) is 1. The minimum Gasteiger partial charge on any atom is -0.465 e. The van der Waals surface area contributed by atoms with Gasteiger partial charge in [0.1, 0.15) is 6.04 Å². The molecule has 6 atom stereocenters. The molecule has 0 radical (unpaired) electrons. The molecule has 2 amide bonds. The van der Waals surface area contributed by atoms with Crippen LogP contribution in [-0.4, -0.2) is 69.6 Å². The maximum Gasteiger partial charge on any atom is 0.311 e. The molecule has 2 fully saturated rings. The van der Waals surface area contributed by atoms with Crippen molar-refractivity contribution in [2.75, 3.05) is 24.7 Å². The summed E-state index contributed by atoms with van der Waals surface area (Å²) in [5, 5.41) is 10.5. The lowest BCUT2D eigenvalue weighted by molar-refractivity contribution is -0.153. The number of aliphatic hydroxyl groups is 1. The lowest BCUT2D eigenvalue weighted by Gasteiger charge is -2.40. The summed E-state index contributed by atoms with van der Waals surface area (Å²) in [5.74, 6) is -2.52. The van der Waals surface area contributed by atoms with Gasteiger partial charge in [-0.25, -0.2) is 0 Å². The Balaban J connectivity index is 1.69. The first-order valence-electron chi connectivity index (χ1n) is 12.4. The third-order valence-corrected chi connectivity index (χ3v) is 9.88. The lowest BCUT2D eigenvalue weighted by atomic mass is 9.78. The molecule has 0 saturated carbocycles. The van der Waals surface area contributed by atoms with E-state index in [1.807, 2.05) is 57.2 Å². The molecule has 192 valence electrons. The van der Waals surface area contributed by atoms with E-state index in [2.05, 4.69) is 0 Å². The van der Waals surface area contributed by atoms with E-state index in [9.17, 15) is 19.5 Å². The highest BCUT2D eigenvalue weighted by molar-refractivity contribution is 8.02. The summed E-state index contributed by atoms with van der Waals surface area (Å²) in [6.45, 7) is 6.02. The van der Waals surface area contributed by atoms with Crippen LogP contribution < -0.4 is 4.90 Å². The number of fused-ring (bicyclic) bond motifs is 2. The molecule has 1 spiro atoms. The molecule has 0 bridgehead atoms. The summed E-state index contributed by atoms with van der Waals surface area (Å²) in [4.78, 5) is 45.1. The number of amides is 2. The number of aryl methyl sites for hydroxylation is 1.